The topological polar surface area (TPSA) is 54.4 Å². The summed E-state index contributed by atoms with van der Waals surface area (Å²) in [5.41, 5.74) is 1.36. The quantitative estimate of drug-likeness (QED) is 0.617. The maximum absolute atomic E-state index is 11.1. The van der Waals surface area contributed by atoms with Gasteiger partial charge in [-0.15, -0.1) is 6.42 Å². The van der Waals surface area contributed by atoms with Crippen LogP contribution in [0, 0.1) is 19.3 Å². The fourth-order valence-electron chi connectivity index (χ4n) is 1.33. The summed E-state index contributed by atoms with van der Waals surface area (Å²) in [5, 5.41) is 0. The first kappa shape index (κ1) is 11.8. The fraction of sp³-hybridized carbons (Fsp3) is 0.273. The zero-order valence-corrected chi connectivity index (χ0v) is 9.38. The maximum Gasteiger partial charge on any atom is 0.294 e. The minimum Gasteiger partial charge on any atom is -0.282 e. The first-order chi connectivity index (χ1) is 6.86. The minimum atomic E-state index is -4.20. The molecule has 1 aromatic carbocycles. The maximum atomic E-state index is 11.1. The van der Waals surface area contributed by atoms with E-state index in [2.05, 4.69) is 5.92 Å². The van der Waals surface area contributed by atoms with Crippen LogP contribution in [0.2, 0.25) is 0 Å². The molecule has 0 aromatic heterocycles. The Morgan fingerprint density at radius 3 is 2.53 bits per heavy atom. The average Bonchev–Trinajstić information content (AvgIpc) is 2.14. The lowest BCUT2D eigenvalue weighted by Gasteiger charge is -2.10. The molecule has 0 aliphatic rings. The van der Waals surface area contributed by atoms with Crippen LogP contribution >= 0.6 is 0 Å². The molecule has 3 nitrogen and oxygen atoms in total. The van der Waals surface area contributed by atoms with Crippen LogP contribution in [0.1, 0.15) is 24.0 Å². The van der Waals surface area contributed by atoms with E-state index in [4.69, 9.17) is 11.0 Å². The second-order valence-corrected chi connectivity index (χ2v) is 4.79. The molecule has 1 unspecified atom stereocenters. The van der Waals surface area contributed by atoms with Gasteiger partial charge in [0.15, 0.2) is 0 Å². The Balaban J connectivity index is 3.48. The number of hydrogen-bond acceptors (Lipinski definition) is 2. The summed E-state index contributed by atoms with van der Waals surface area (Å²) in [5.74, 6) is 2.10. The number of rotatable bonds is 2. The van der Waals surface area contributed by atoms with Crippen LogP contribution in [0.25, 0.3) is 0 Å². The van der Waals surface area contributed by atoms with Crippen LogP contribution in [0.3, 0.4) is 0 Å². The van der Waals surface area contributed by atoms with Crippen molar-refractivity contribution in [1.29, 1.82) is 0 Å². The van der Waals surface area contributed by atoms with Gasteiger partial charge in [-0.1, -0.05) is 23.6 Å². The first-order valence-electron chi connectivity index (χ1n) is 4.40. The molecule has 0 aliphatic heterocycles. The third-order valence-corrected chi connectivity index (χ3v) is 3.09. The Kier molecular flexibility index (Phi) is 3.18. The number of terminal acetylenes is 1. The van der Waals surface area contributed by atoms with Crippen molar-refractivity contribution in [2.24, 2.45) is 0 Å². The molecule has 0 radical (unpaired) electrons. The molecule has 0 amide bonds. The second kappa shape index (κ2) is 4.05. The summed E-state index contributed by atoms with van der Waals surface area (Å²) in [6.45, 7) is 3.55. The molecule has 0 aliphatic carbocycles. The van der Waals surface area contributed by atoms with Gasteiger partial charge in [0.1, 0.15) is 0 Å². The highest BCUT2D eigenvalue weighted by Gasteiger charge is 2.18. The van der Waals surface area contributed by atoms with Crippen molar-refractivity contribution in [2.75, 3.05) is 0 Å². The third kappa shape index (κ3) is 2.58. The Hall–Kier alpha value is -1.31. The minimum absolute atomic E-state index is 0.112. The van der Waals surface area contributed by atoms with E-state index >= 15 is 0 Å². The van der Waals surface area contributed by atoms with Crippen LogP contribution in [0.4, 0.5) is 0 Å². The average molecular weight is 224 g/mol. The van der Waals surface area contributed by atoms with Crippen LogP contribution in [-0.2, 0) is 10.1 Å². The molecule has 1 N–H and O–H groups in total. The molecular formula is C11H12O3S. The van der Waals surface area contributed by atoms with E-state index in [1.165, 1.54) is 6.07 Å². The van der Waals surface area contributed by atoms with E-state index < -0.39 is 10.1 Å². The Morgan fingerprint density at radius 2 is 2.07 bits per heavy atom. The van der Waals surface area contributed by atoms with Gasteiger partial charge < -0.3 is 0 Å². The fourth-order valence-corrected chi connectivity index (χ4v) is 2.10. The van der Waals surface area contributed by atoms with E-state index in [1.54, 1.807) is 19.1 Å². The Bertz CT molecular complexity index is 509. The van der Waals surface area contributed by atoms with Crippen LogP contribution < -0.4 is 0 Å². The van der Waals surface area contributed by atoms with Crippen molar-refractivity contribution in [3.63, 3.8) is 0 Å². The van der Waals surface area contributed by atoms with Crippen LogP contribution in [0.15, 0.2) is 23.1 Å². The smallest absolute Gasteiger partial charge is 0.282 e. The zero-order valence-electron chi connectivity index (χ0n) is 8.56. The largest absolute Gasteiger partial charge is 0.294 e. The van der Waals surface area contributed by atoms with E-state index in [0.29, 0.717) is 5.56 Å². The van der Waals surface area contributed by atoms with Crippen molar-refractivity contribution in [3.8, 4) is 12.3 Å². The highest BCUT2D eigenvalue weighted by Crippen LogP contribution is 2.24. The monoisotopic (exact) mass is 224 g/mol. The van der Waals surface area contributed by atoms with Crippen LogP contribution in [-0.4, -0.2) is 13.0 Å². The molecule has 1 rings (SSSR count). The van der Waals surface area contributed by atoms with Crippen molar-refractivity contribution < 1.29 is 13.0 Å². The highest BCUT2D eigenvalue weighted by molar-refractivity contribution is 7.85. The predicted octanol–water partition coefficient (Wildman–Crippen LogP) is 1.98. The third-order valence-electron chi connectivity index (χ3n) is 2.16. The molecule has 0 fully saturated rings. The molecule has 0 heterocycles. The molecule has 1 aromatic rings. The normalized spacial score (nSPS) is 13.2. The first-order valence-corrected chi connectivity index (χ1v) is 5.84. The van der Waals surface area contributed by atoms with Gasteiger partial charge in [-0.3, -0.25) is 4.55 Å². The van der Waals surface area contributed by atoms with Gasteiger partial charge in [-0.05, 0) is 25.5 Å². The molecular weight excluding hydrogens is 212 g/mol. The van der Waals surface area contributed by atoms with Gasteiger partial charge in [0.2, 0.25) is 0 Å². The van der Waals surface area contributed by atoms with Gasteiger partial charge in [0, 0.05) is 5.92 Å². The van der Waals surface area contributed by atoms with E-state index in [0.717, 1.165) is 5.56 Å². The summed E-state index contributed by atoms with van der Waals surface area (Å²) in [7, 11) is -4.20. The second-order valence-electron chi connectivity index (χ2n) is 3.40. The SMILES string of the molecule is C#CC(C)c1cc(C)ccc1S(=O)(=O)O. The standard InChI is InChI=1S/C11H12O3S/c1-4-9(3)10-7-8(2)5-6-11(10)15(12,13)14/h1,5-7,9H,2-3H3,(H,12,13,14). The van der Waals surface area contributed by atoms with Gasteiger partial charge in [-0.25, -0.2) is 0 Å². The molecule has 0 saturated heterocycles. The molecule has 4 heteroatoms. The summed E-state index contributed by atoms with van der Waals surface area (Å²) < 4.78 is 31.2. The van der Waals surface area contributed by atoms with Crippen molar-refractivity contribution >= 4 is 10.1 Å². The van der Waals surface area contributed by atoms with E-state index in [9.17, 15) is 8.42 Å². The lowest BCUT2D eigenvalue weighted by atomic mass is 10.0. The van der Waals surface area contributed by atoms with Gasteiger partial charge in [0.25, 0.3) is 10.1 Å². The molecule has 1 atom stereocenters. The molecule has 0 bridgehead atoms. The van der Waals surface area contributed by atoms with Gasteiger partial charge in [-0.2, -0.15) is 8.42 Å². The van der Waals surface area contributed by atoms with Crippen molar-refractivity contribution in [3.05, 3.63) is 29.3 Å². The van der Waals surface area contributed by atoms with Gasteiger partial charge in [0.05, 0.1) is 4.90 Å². The Labute approximate surface area is 89.9 Å². The lowest BCUT2D eigenvalue weighted by Crippen LogP contribution is -2.05. The van der Waals surface area contributed by atoms with E-state index in [-0.39, 0.29) is 10.8 Å². The number of benzene rings is 1. The number of hydrogen-bond donors (Lipinski definition) is 1. The van der Waals surface area contributed by atoms with Crippen molar-refractivity contribution in [2.45, 2.75) is 24.7 Å². The van der Waals surface area contributed by atoms with Crippen molar-refractivity contribution in [1.82, 2.24) is 0 Å². The molecule has 0 saturated carbocycles. The van der Waals surface area contributed by atoms with E-state index in [1.807, 2.05) is 6.92 Å². The highest BCUT2D eigenvalue weighted by atomic mass is 32.2. The summed E-state index contributed by atoms with van der Waals surface area (Å²) in [6, 6.07) is 4.66. The zero-order chi connectivity index (χ0) is 11.6. The Morgan fingerprint density at radius 1 is 1.47 bits per heavy atom. The van der Waals surface area contributed by atoms with Crippen LogP contribution in [0.5, 0.6) is 0 Å². The molecule has 15 heavy (non-hydrogen) atoms. The number of aryl methyl sites for hydroxylation is 1. The summed E-state index contributed by atoms with van der Waals surface area (Å²) in [4.78, 5) is -0.112. The van der Waals surface area contributed by atoms with Gasteiger partial charge >= 0.3 is 0 Å². The lowest BCUT2D eigenvalue weighted by molar-refractivity contribution is 0.482. The molecule has 0 spiro atoms. The summed E-state index contributed by atoms with van der Waals surface area (Å²) in [6.07, 6.45) is 5.24. The molecule has 80 valence electrons. The summed E-state index contributed by atoms with van der Waals surface area (Å²) >= 11 is 0. The predicted molar refractivity (Wildman–Crippen MR) is 58.2 cm³/mol.